The number of rotatable bonds is 3. The predicted octanol–water partition coefficient (Wildman–Crippen LogP) is 1.12. The fourth-order valence-electron chi connectivity index (χ4n) is 4.06. The molecule has 0 atom stereocenters. The second-order valence-corrected chi connectivity index (χ2v) is 7.38. The van der Waals surface area contributed by atoms with Crippen LogP contribution in [-0.2, 0) is 12.8 Å². The van der Waals surface area contributed by atoms with Crippen molar-refractivity contribution in [2.75, 3.05) is 0 Å². The summed E-state index contributed by atoms with van der Waals surface area (Å²) in [6.07, 6.45) is 8.51. The molecule has 8 nitrogen and oxygen atoms in total. The normalized spacial score (nSPS) is 22.1. The highest BCUT2D eigenvalue weighted by Gasteiger charge is 2.26. The van der Waals surface area contributed by atoms with E-state index < -0.39 is 0 Å². The third-order valence-corrected chi connectivity index (χ3v) is 5.52. The van der Waals surface area contributed by atoms with Gasteiger partial charge < -0.3 is 10.3 Å². The summed E-state index contributed by atoms with van der Waals surface area (Å²) >= 11 is 0. The van der Waals surface area contributed by atoms with Gasteiger partial charge >= 0.3 is 0 Å². The zero-order valence-electron chi connectivity index (χ0n) is 15.1. The van der Waals surface area contributed by atoms with Crippen LogP contribution in [-0.4, -0.2) is 31.7 Å². The lowest BCUT2D eigenvalue weighted by Gasteiger charge is -2.30. The van der Waals surface area contributed by atoms with Gasteiger partial charge in [-0.25, -0.2) is 9.67 Å². The SMILES string of the molecule is O=C(NC1CCC(n2nc3c(cc2=O)CCCC3)CC1)c1cc(=O)[nH]cn1. The Morgan fingerprint density at radius 2 is 1.89 bits per heavy atom. The number of nitrogens with one attached hydrogen (secondary N) is 2. The van der Waals surface area contributed by atoms with Gasteiger partial charge in [-0.1, -0.05) is 0 Å². The number of carbonyl (C=O) groups is 1. The molecule has 2 aliphatic carbocycles. The Balaban J connectivity index is 1.40. The quantitative estimate of drug-likeness (QED) is 0.842. The molecule has 2 aliphatic rings. The second-order valence-electron chi connectivity index (χ2n) is 7.38. The monoisotopic (exact) mass is 369 g/mol. The van der Waals surface area contributed by atoms with Crippen molar-refractivity contribution < 1.29 is 4.79 Å². The predicted molar refractivity (Wildman–Crippen MR) is 98.8 cm³/mol. The van der Waals surface area contributed by atoms with Crippen molar-refractivity contribution in [1.82, 2.24) is 25.1 Å². The number of amides is 1. The Bertz CT molecular complexity index is 956. The molecule has 2 aromatic rings. The molecular weight excluding hydrogens is 346 g/mol. The number of H-pyrrole nitrogens is 1. The number of fused-ring (bicyclic) bond motifs is 1. The van der Waals surface area contributed by atoms with Crippen LogP contribution in [0.5, 0.6) is 0 Å². The number of aromatic nitrogens is 4. The van der Waals surface area contributed by atoms with Crippen LogP contribution in [0.3, 0.4) is 0 Å². The summed E-state index contributed by atoms with van der Waals surface area (Å²) in [5, 5.41) is 7.59. The van der Waals surface area contributed by atoms with Crippen molar-refractivity contribution in [3.8, 4) is 0 Å². The lowest BCUT2D eigenvalue weighted by molar-refractivity contribution is 0.0916. The van der Waals surface area contributed by atoms with E-state index in [0.717, 1.165) is 62.6 Å². The number of hydrogen-bond acceptors (Lipinski definition) is 5. The third kappa shape index (κ3) is 3.84. The summed E-state index contributed by atoms with van der Waals surface area (Å²) in [6, 6.07) is 3.05. The molecule has 1 fully saturated rings. The molecular formula is C19H23N5O3. The molecule has 0 unspecified atom stereocenters. The first kappa shape index (κ1) is 17.6. The number of aromatic amines is 1. The van der Waals surface area contributed by atoms with Crippen LogP contribution in [0, 0.1) is 0 Å². The maximum atomic E-state index is 12.5. The summed E-state index contributed by atoms with van der Waals surface area (Å²) in [7, 11) is 0. The Hall–Kier alpha value is -2.77. The molecule has 4 rings (SSSR count). The molecule has 1 saturated carbocycles. The van der Waals surface area contributed by atoms with Crippen LogP contribution < -0.4 is 16.4 Å². The van der Waals surface area contributed by atoms with Crippen molar-refractivity contribution in [2.45, 2.75) is 63.5 Å². The highest BCUT2D eigenvalue weighted by molar-refractivity contribution is 5.92. The minimum absolute atomic E-state index is 0.0168. The van der Waals surface area contributed by atoms with Gasteiger partial charge in [0.05, 0.1) is 18.1 Å². The van der Waals surface area contributed by atoms with Gasteiger partial charge in [0.2, 0.25) is 0 Å². The summed E-state index contributed by atoms with van der Waals surface area (Å²) in [4.78, 5) is 42.3. The van der Waals surface area contributed by atoms with Crippen LogP contribution in [0.25, 0.3) is 0 Å². The van der Waals surface area contributed by atoms with Crippen LogP contribution in [0.2, 0.25) is 0 Å². The van der Waals surface area contributed by atoms with Crippen molar-refractivity contribution in [3.63, 3.8) is 0 Å². The van der Waals surface area contributed by atoms with E-state index in [1.165, 1.54) is 12.4 Å². The second kappa shape index (κ2) is 7.46. The molecule has 1 amide bonds. The van der Waals surface area contributed by atoms with E-state index in [9.17, 15) is 14.4 Å². The van der Waals surface area contributed by atoms with E-state index in [1.54, 1.807) is 10.7 Å². The first-order chi connectivity index (χ1) is 13.1. The van der Waals surface area contributed by atoms with Crippen molar-refractivity contribution in [2.24, 2.45) is 0 Å². The Labute approximate surface area is 156 Å². The van der Waals surface area contributed by atoms with Crippen LogP contribution in [0.1, 0.15) is 66.3 Å². The van der Waals surface area contributed by atoms with Gasteiger partial charge in [0.25, 0.3) is 17.0 Å². The molecule has 0 aromatic carbocycles. The summed E-state index contributed by atoms with van der Waals surface area (Å²) in [5.41, 5.74) is 1.92. The topological polar surface area (TPSA) is 110 Å². The maximum Gasteiger partial charge on any atom is 0.270 e. The standard InChI is InChI=1S/C19H23N5O3/c25-17-10-16(20-11-21-17)19(27)22-13-5-7-14(8-6-13)24-18(26)9-12-3-1-2-4-15(12)23-24/h9-11,13-14H,1-8H2,(H,22,27)(H,20,21,25). The summed E-state index contributed by atoms with van der Waals surface area (Å²) in [5.74, 6) is -0.339. The van der Waals surface area contributed by atoms with Crippen molar-refractivity contribution in [3.05, 3.63) is 56.1 Å². The molecule has 0 radical (unpaired) electrons. The largest absolute Gasteiger partial charge is 0.348 e. The summed E-state index contributed by atoms with van der Waals surface area (Å²) in [6.45, 7) is 0. The molecule has 2 heterocycles. The fourth-order valence-corrected chi connectivity index (χ4v) is 4.06. The first-order valence-corrected chi connectivity index (χ1v) is 9.57. The van der Waals surface area contributed by atoms with Crippen molar-refractivity contribution in [1.29, 1.82) is 0 Å². The van der Waals surface area contributed by atoms with E-state index in [1.807, 2.05) is 0 Å². The molecule has 8 heteroatoms. The van der Waals surface area contributed by atoms with Gasteiger partial charge in [0.1, 0.15) is 5.69 Å². The Morgan fingerprint density at radius 3 is 2.67 bits per heavy atom. The van der Waals surface area contributed by atoms with Gasteiger partial charge in [-0.15, -0.1) is 0 Å². The first-order valence-electron chi connectivity index (χ1n) is 9.57. The Morgan fingerprint density at radius 1 is 1.11 bits per heavy atom. The number of aryl methyl sites for hydroxylation is 2. The van der Waals surface area contributed by atoms with Gasteiger partial charge in [-0.05, 0) is 56.9 Å². The Kier molecular flexibility index (Phi) is 4.87. The smallest absolute Gasteiger partial charge is 0.270 e. The molecule has 27 heavy (non-hydrogen) atoms. The number of carbonyl (C=O) groups excluding carboxylic acids is 1. The van der Waals surface area contributed by atoms with Gasteiger partial charge in [-0.2, -0.15) is 5.10 Å². The molecule has 0 bridgehead atoms. The zero-order chi connectivity index (χ0) is 18.8. The van der Waals surface area contributed by atoms with E-state index in [0.29, 0.717) is 0 Å². The van der Waals surface area contributed by atoms with Gasteiger partial charge in [0, 0.05) is 18.2 Å². The minimum Gasteiger partial charge on any atom is -0.348 e. The fraction of sp³-hybridized carbons (Fsp3) is 0.526. The molecule has 2 N–H and O–H groups in total. The zero-order valence-corrected chi connectivity index (χ0v) is 15.1. The van der Waals surface area contributed by atoms with Gasteiger partial charge in [0.15, 0.2) is 0 Å². The average Bonchev–Trinajstić information content (AvgIpc) is 2.68. The molecule has 2 aromatic heterocycles. The van der Waals surface area contributed by atoms with E-state index in [4.69, 9.17) is 0 Å². The average molecular weight is 369 g/mol. The van der Waals surface area contributed by atoms with E-state index in [-0.39, 0.29) is 34.8 Å². The lowest BCUT2D eigenvalue weighted by Crippen LogP contribution is -2.40. The van der Waals surface area contributed by atoms with E-state index >= 15 is 0 Å². The number of nitrogens with zero attached hydrogens (tertiary/aromatic N) is 3. The lowest BCUT2D eigenvalue weighted by atomic mass is 9.91. The molecule has 0 aliphatic heterocycles. The molecule has 0 spiro atoms. The van der Waals surface area contributed by atoms with Crippen LogP contribution in [0.4, 0.5) is 0 Å². The van der Waals surface area contributed by atoms with Gasteiger partial charge in [-0.3, -0.25) is 14.4 Å². The minimum atomic E-state index is -0.350. The van der Waals surface area contributed by atoms with Crippen molar-refractivity contribution >= 4 is 5.91 Å². The van der Waals surface area contributed by atoms with E-state index in [2.05, 4.69) is 20.4 Å². The van der Waals surface area contributed by atoms with Crippen LogP contribution in [0.15, 0.2) is 28.0 Å². The molecule has 0 saturated heterocycles. The maximum absolute atomic E-state index is 12.5. The molecule has 142 valence electrons. The summed E-state index contributed by atoms with van der Waals surface area (Å²) < 4.78 is 1.65. The third-order valence-electron chi connectivity index (χ3n) is 5.52. The highest BCUT2D eigenvalue weighted by Crippen LogP contribution is 2.28. The highest BCUT2D eigenvalue weighted by atomic mass is 16.2. The number of hydrogen-bond donors (Lipinski definition) is 2. The van der Waals surface area contributed by atoms with Crippen LogP contribution >= 0.6 is 0 Å².